The van der Waals surface area contributed by atoms with Crippen LogP contribution in [0, 0.1) is 11.8 Å². The molecule has 3 atom stereocenters. The molecule has 0 radical (unpaired) electrons. The van der Waals surface area contributed by atoms with Crippen LogP contribution in [0.25, 0.3) is 0 Å². The summed E-state index contributed by atoms with van der Waals surface area (Å²) in [5.41, 5.74) is 0.159. The Kier molecular flexibility index (Phi) is 6.31. The second kappa shape index (κ2) is 8.02. The quantitative estimate of drug-likeness (QED) is 0.825. The van der Waals surface area contributed by atoms with Gasteiger partial charge in [0.25, 0.3) is 5.91 Å². The Labute approximate surface area is 146 Å². The molecule has 1 N–H and O–H groups in total. The maximum Gasteiger partial charge on any atom is 0.340 e. The number of hydrogen-bond donors (Lipinski definition) is 1. The minimum atomic E-state index is -0.655. The van der Waals surface area contributed by atoms with E-state index < -0.39 is 5.97 Å². The number of benzene rings is 1. The Morgan fingerprint density at radius 2 is 2.00 bits per heavy atom. The molecule has 1 aliphatic rings. The molecule has 2 rings (SSSR count). The fraction of sp³-hybridized carbons (Fsp3) is 0.529. The standard InChI is InChI=1S/C17H21Cl2NO3/c1-10-5-3-8-14(11(10)2)20-15(21)9-23-17(22)12-6-4-7-13(18)16(12)19/h4,6-7,10-11,14H,3,5,8-9H2,1-2H3,(H,20,21)/t10-,11-,14-/m1/s1. The fourth-order valence-corrected chi connectivity index (χ4v) is 3.28. The maximum absolute atomic E-state index is 12.0. The van der Waals surface area contributed by atoms with Crippen molar-refractivity contribution in [1.82, 2.24) is 5.32 Å². The predicted molar refractivity (Wildman–Crippen MR) is 90.9 cm³/mol. The topological polar surface area (TPSA) is 55.4 Å². The Hall–Kier alpha value is -1.26. The van der Waals surface area contributed by atoms with E-state index in [1.807, 2.05) is 0 Å². The van der Waals surface area contributed by atoms with Crippen LogP contribution in [-0.4, -0.2) is 24.5 Å². The van der Waals surface area contributed by atoms with Gasteiger partial charge in [-0.15, -0.1) is 0 Å². The molecule has 1 aromatic carbocycles. The second-order valence-corrected chi connectivity index (χ2v) is 6.90. The molecule has 4 nitrogen and oxygen atoms in total. The number of hydrogen-bond acceptors (Lipinski definition) is 3. The fourth-order valence-electron chi connectivity index (χ4n) is 2.90. The molecule has 6 heteroatoms. The van der Waals surface area contributed by atoms with Gasteiger partial charge in [-0.3, -0.25) is 4.79 Å². The first-order valence-corrected chi connectivity index (χ1v) is 8.56. The molecule has 23 heavy (non-hydrogen) atoms. The highest BCUT2D eigenvalue weighted by molar-refractivity contribution is 6.43. The van der Waals surface area contributed by atoms with Crippen molar-refractivity contribution in [3.63, 3.8) is 0 Å². The van der Waals surface area contributed by atoms with Crippen molar-refractivity contribution in [3.05, 3.63) is 33.8 Å². The van der Waals surface area contributed by atoms with Crippen molar-refractivity contribution >= 4 is 35.1 Å². The Balaban J connectivity index is 1.86. The smallest absolute Gasteiger partial charge is 0.340 e. The van der Waals surface area contributed by atoms with Gasteiger partial charge in [-0.2, -0.15) is 0 Å². The maximum atomic E-state index is 12.0. The van der Waals surface area contributed by atoms with Gasteiger partial charge >= 0.3 is 5.97 Å². The summed E-state index contributed by atoms with van der Waals surface area (Å²) in [7, 11) is 0. The molecule has 0 aromatic heterocycles. The van der Waals surface area contributed by atoms with E-state index in [9.17, 15) is 9.59 Å². The summed E-state index contributed by atoms with van der Waals surface area (Å²) in [6.07, 6.45) is 3.26. The molecule has 1 aliphatic carbocycles. The van der Waals surface area contributed by atoms with Gasteiger partial charge in [-0.1, -0.05) is 56.0 Å². The van der Waals surface area contributed by atoms with Crippen LogP contribution in [-0.2, 0) is 9.53 Å². The predicted octanol–water partition coefficient (Wildman–Crippen LogP) is 4.09. The number of ether oxygens (including phenoxy) is 1. The Bertz CT molecular complexity index is 591. The molecular weight excluding hydrogens is 337 g/mol. The third-order valence-electron chi connectivity index (χ3n) is 4.56. The summed E-state index contributed by atoms with van der Waals surface area (Å²) < 4.78 is 5.04. The molecule has 1 saturated carbocycles. The molecule has 1 aromatic rings. The number of amides is 1. The number of halogens is 2. The summed E-state index contributed by atoms with van der Waals surface area (Å²) in [6.45, 7) is 4.02. The average molecular weight is 358 g/mol. The van der Waals surface area contributed by atoms with E-state index in [1.165, 1.54) is 12.5 Å². The van der Waals surface area contributed by atoms with Crippen molar-refractivity contribution in [2.45, 2.75) is 39.2 Å². The summed E-state index contributed by atoms with van der Waals surface area (Å²) in [4.78, 5) is 24.0. The van der Waals surface area contributed by atoms with Crippen molar-refractivity contribution < 1.29 is 14.3 Å². The highest BCUT2D eigenvalue weighted by Gasteiger charge is 2.28. The van der Waals surface area contributed by atoms with E-state index in [0.717, 1.165) is 12.8 Å². The molecule has 126 valence electrons. The van der Waals surface area contributed by atoms with Crippen LogP contribution in [0.4, 0.5) is 0 Å². The molecule has 0 heterocycles. The molecule has 1 fully saturated rings. The number of rotatable bonds is 4. The number of carbonyl (C=O) groups excluding carboxylic acids is 2. The average Bonchev–Trinajstić information content (AvgIpc) is 2.52. The van der Waals surface area contributed by atoms with Crippen LogP contribution in [0.15, 0.2) is 18.2 Å². The molecule has 1 amide bonds. The first-order chi connectivity index (χ1) is 10.9. The third-order valence-corrected chi connectivity index (χ3v) is 5.38. The summed E-state index contributed by atoms with van der Waals surface area (Å²) in [6, 6.07) is 4.84. The van der Waals surface area contributed by atoms with Crippen LogP contribution in [0.1, 0.15) is 43.5 Å². The van der Waals surface area contributed by atoms with Crippen LogP contribution in [0.3, 0.4) is 0 Å². The largest absolute Gasteiger partial charge is 0.452 e. The normalized spacial score (nSPS) is 24.1. The molecule has 0 spiro atoms. The number of esters is 1. The van der Waals surface area contributed by atoms with Gasteiger partial charge in [0.2, 0.25) is 0 Å². The molecular formula is C17H21Cl2NO3. The molecule has 0 saturated heterocycles. The minimum absolute atomic E-state index is 0.134. The van der Waals surface area contributed by atoms with Gasteiger partial charge in [0.05, 0.1) is 15.6 Å². The van der Waals surface area contributed by atoms with Crippen LogP contribution < -0.4 is 5.32 Å². The summed E-state index contributed by atoms with van der Waals surface area (Å²) in [5.74, 6) is 0.0628. The van der Waals surface area contributed by atoms with Crippen molar-refractivity contribution in [2.24, 2.45) is 11.8 Å². The lowest BCUT2D eigenvalue weighted by Gasteiger charge is -2.34. The highest BCUT2D eigenvalue weighted by Crippen LogP contribution is 2.29. The first-order valence-electron chi connectivity index (χ1n) is 7.80. The van der Waals surface area contributed by atoms with E-state index in [2.05, 4.69) is 19.2 Å². The summed E-state index contributed by atoms with van der Waals surface area (Å²) in [5, 5.41) is 3.36. The van der Waals surface area contributed by atoms with Gasteiger partial charge in [-0.25, -0.2) is 4.79 Å². The van der Waals surface area contributed by atoms with E-state index >= 15 is 0 Å². The van der Waals surface area contributed by atoms with E-state index in [-0.39, 0.29) is 34.2 Å². The molecule has 0 aliphatic heterocycles. The van der Waals surface area contributed by atoms with Crippen molar-refractivity contribution in [2.75, 3.05) is 6.61 Å². The number of nitrogens with one attached hydrogen (secondary N) is 1. The first kappa shape index (κ1) is 18.1. The zero-order chi connectivity index (χ0) is 17.0. The number of carbonyl (C=O) groups is 2. The SMILES string of the molecule is C[C@@H]1[C@H](C)CCC[C@H]1NC(=O)COC(=O)c1cccc(Cl)c1Cl. The van der Waals surface area contributed by atoms with Gasteiger partial charge in [-0.05, 0) is 30.4 Å². The van der Waals surface area contributed by atoms with Crippen molar-refractivity contribution in [1.29, 1.82) is 0 Å². The van der Waals surface area contributed by atoms with Crippen molar-refractivity contribution in [3.8, 4) is 0 Å². The lowest BCUT2D eigenvalue weighted by Crippen LogP contribution is -2.45. The monoisotopic (exact) mass is 357 g/mol. The van der Waals surface area contributed by atoms with Gasteiger partial charge in [0.15, 0.2) is 6.61 Å². The van der Waals surface area contributed by atoms with Crippen LogP contribution >= 0.6 is 23.2 Å². The Morgan fingerprint density at radius 1 is 1.26 bits per heavy atom. The second-order valence-electron chi connectivity index (χ2n) is 6.12. The Morgan fingerprint density at radius 3 is 2.74 bits per heavy atom. The lowest BCUT2D eigenvalue weighted by atomic mass is 9.78. The lowest BCUT2D eigenvalue weighted by molar-refractivity contribution is -0.125. The van der Waals surface area contributed by atoms with Crippen LogP contribution in [0.2, 0.25) is 10.0 Å². The van der Waals surface area contributed by atoms with E-state index in [4.69, 9.17) is 27.9 Å². The van der Waals surface area contributed by atoms with Gasteiger partial charge in [0, 0.05) is 6.04 Å². The zero-order valence-electron chi connectivity index (χ0n) is 13.3. The van der Waals surface area contributed by atoms with Crippen LogP contribution in [0.5, 0.6) is 0 Å². The van der Waals surface area contributed by atoms with Gasteiger partial charge in [0.1, 0.15) is 0 Å². The highest BCUT2D eigenvalue weighted by atomic mass is 35.5. The molecule has 0 bridgehead atoms. The van der Waals surface area contributed by atoms with Gasteiger partial charge < -0.3 is 10.1 Å². The zero-order valence-corrected chi connectivity index (χ0v) is 14.8. The summed E-state index contributed by atoms with van der Waals surface area (Å²) >= 11 is 11.8. The van der Waals surface area contributed by atoms with E-state index in [1.54, 1.807) is 12.1 Å². The third kappa shape index (κ3) is 4.61. The minimum Gasteiger partial charge on any atom is -0.452 e. The van der Waals surface area contributed by atoms with E-state index in [0.29, 0.717) is 11.8 Å². The molecule has 0 unspecified atom stereocenters.